The molecule has 0 spiro atoms. The van der Waals surface area contributed by atoms with Crippen molar-refractivity contribution in [3.8, 4) is 0 Å². The van der Waals surface area contributed by atoms with Crippen molar-refractivity contribution in [1.29, 1.82) is 0 Å². The smallest absolute Gasteiger partial charge is 0.305 e. The molecule has 3 nitrogen and oxygen atoms in total. The molecule has 3 heteroatoms. The van der Waals surface area contributed by atoms with Crippen LogP contribution in [0.5, 0.6) is 0 Å². The molecule has 2 N–H and O–H groups in total. The number of rotatable bonds is 14. The van der Waals surface area contributed by atoms with E-state index in [0.717, 1.165) is 6.42 Å². The lowest BCUT2D eigenvalue weighted by Crippen LogP contribution is -2.18. The summed E-state index contributed by atoms with van der Waals surface area (Å²) in [6, 6.07) is 0. The Morgan fingerprint density at radius 2 is 1.45 bits per heavy atom. The summed E-state index contributed by atoms with van der Waals surface area (Å²) in [5.41, 5.74) is 5.69. The zero-order valence-corrected chi connectivity index (χ0v) is 13.7. The van der Waals surface area contributed by atoms with Crippen molar-refractivity contribution in [2.24, 2.45) is 11.7 Å². The lowest BCUT2D eigenvalue weighted by molar-refractivity contribution is -0.141. The van der Waals surface area contributed by atoms with Gasteiger partial charge in [-0.15, -0.1) is 0 Å². The van der Waals surface area contributed by atoms with E-state index < -0.39 is 0 Å². The number of carbonyl (C=O) groups is 1. The van der Waals surface area contributed by atoms with E-state index in [2.05, 4.69) is 11.7 Å². The first-order chi connectivity index (χ1) is 9.74. The molecule has 0 amide bonds. The number of hydrogen-bond donors (Lipinski definition) is 1. The third kappa shape index (κ3) is 12.5. The minimum Gasteiger partial charge on any atom is -0.469 e. The van der Waals surface area contributed by atoms with Gasteiger partial charge in [-0.1, -0.05) is 71.1 Å². The molecule has 0 aliphatic heterocycles. The van der Waals surface area contributed by atoms with Crippen molar-refractivity contribution in [2.75, 3.05) is 13.7 Å². The molecule has 0 aromatic carbocycles. The van der Waals surface area contributed by atoms with Crippen LogP contribution in [0.15, 0.2) is 0 Å². The molecule has 0 bridgehead atoms. The van der Waals surface area contributed by atoms with Gasteiger partial charge in [0.25, 0.3) is 0 Å². The van der Waals surface area contributed by atoms with Crippen LogP contribution >= 0.6 is 0 Å². The highest BCUT2D eigenvalue weighted by molar-refractivity contribution is 5.69. The summed E-state index contributed by atoms with van der Waals surface area (Å²) in [5, 5.41) is 0. The highest BCUT2D eigenvalue weighted by atomic mass is 16.5. The topological polar surface area (TPSA) is 52.3 Å². The average molecular weight is 285 g/mol. The van der Waals surface area contributed by atoms with Gasteiger partial charge in [0.05, 0.1) is 7.11 Å². The molecule has 0 saturated heterocycles. The Morgan fingerprint density at radius 1 is 0.950 bits per heavy atom. The average Bonchev–Trinajstić information content (AvgIpc) is 2.47. The van der Waals surface area contributed by atoms with E-state index in [4.69, 9.17) is 5.73 Å². The van der Waals surface area contributed by atoms with E-state index in [0.29, 0.717) is 18.9 Å². The van der Waals surface area contributed by atoms with Crippen LogP contribution in [0.2, 0.25) is 0 Å². The molecule has 0 heterocycles. The minimum absolute atomic E-state index is 0.132. The van der Waals surface area contributed by atoms with Crippen LogP contribution in [0.25, 0.3) is 0 Å². The molecule has 0 radical (unpaired) electrons. The SMILES string of the molecule is CCCCCCCCCCCCC(CN)CC(=O)OC. The highest BCUT2D eigenvalue weighted by Crippen LogP contribution is 2.15. The Hall–Kier alpha value is -0.570. The van der Waals surface area contributed by atoms with Gasteiger partial charge in [-0.3, -0.25) is 4.79 Å². The summed E-state index contributed by atoms with van der Waals surface area (Å²) in [6.07, 6.45) is 15.0. The zero-order chi connectivity index (χ0) is 15.1. The van der Waals surface area contributed by atoms with E-state index in [1.165, 1.54) is 71.3 Å². The van der Waals surface area contributed by atoms with Crippen molar-refractivity contribution in [2.45, 2.75) is 84.0 Å². The van der Waals surface area contributed by atoms with Gasteiger partial charge in [-0.25, -0.2) is 0 Å². The minimum atomic E-state index is -0.132. The Bertz CT molecular complexity index is 219. The third-order valence-electron chi connectivity index (χ3n) is 3.98. The Labute approximate surface area is 125 Å². The molecule has 20 heavy (non-hydrogen) atoms. The predicted octanol–water partition coefficient (Wildman–Crippen LogP) is 4.44. The van der Waals surface area contributed by atoms with Crippen molar-refractivity contribution in [3.05, 3.63) is 0 Å². The second-order valence-electron chi connectivity index (χ2n) is 5.85. The van der Waals surface area contributed by atoms with E-state index >= 15 is 0 Å². The van der Waals surface area contributed by atoms with Crippen LogP contribution in [0.3, 0.4) is 0 Å². The first-order valence-corrected chi connectivity index (χ1v) is 8.51. The van der Waals surface area contributed by atoms with Gasteiger partial charge in [0.15, 0.2) is 0 Å². The number of carbonyl (C=O) groups excluding carboxylic acids is 1. The molecular formula is C17H35NO2. The summed E-state index contributed by atoms with van der Waals surface area (Å²) in [5.74, 6) is 0.170. The van der Waals surface area contributed by atoms with Gasteiger partial charge in [0.1, 0.15) is 0 Å². The van der Waals surface area contributed by atoms with Crippen LogP contribution in [-0.2, 0) is 9.53 Å². The summed E-state index contributed by atoms with van der Waals surface area (Å²) in [7, 11) is 1.44. The van der Waals surface area contributed by atoms with Crippen LogP contribution in [0.1, 0.15) is 84.0 Å². The van der Waals surface area contributed by atoms with E-state index in [-0.39, 0.29) is 5.97 Å². The van der Waals surface area contributed by atoms with Crippen LogP contribution in [-0.4, -0.2) is 19.6 Å². The highest BCUT2D eigenvalue weighted by Gasteiger charge is 2.11. The van der Waals surface area contributed by atoms with Gasteiger partial charge in [-0.2, -0.15) is 0 Å². The maximum absolute atomic E-state index is 11.2. The summed E-state index contributed by atoms with van der Waals surface area (Å²) in [4.78, 5) is 11.2. The van der Waals surface area contributed by atoms with Gasteiger partial charge < -0.3 is 10.5 Å². The van der Waals surface area contributed by atoms with Gasteiger partial charge >= 0.3 is 5.97 Å². The van der Waals surface area contributed by atoms with Crippen LogP contribution in [0.4, 0.5) is 0 Å². The quantitative estimate of drug-likeness (QED) is 0.379. The van der Waals surface area contributed by atoms with Crippen LogP contribution < -0.4 is 5.73 Å². The predicted molar refractivity (Wildman–Crippen MR) is 85.6 cm³/mol. The maximum Gasteiger partial charge on any atom is 0.305 e. The number of methoxy groups -OCH3 is 1. The number of ether oxygens (including phenoxy) is 1. The second-order valence-corrected chi connectivity index (χ2v) is 5.85. The molecule has 0 aliphatic rings. The van der Waals surface area contributed by atoms with Crippen molar-refractivity contribution < 1.29 is 9.53 Å². The first-order valence-electron chi connectivity index (χ1n) is 8.51. The monoisotopic (exact) mass is 285 g/mol. The van der Waals surface area contributed by atoms with E-state index in [1.807, 2.05) is 0 Å². The van der Waals surface area contributed by atoms with Crippen molar-refractivity contribution in [3.63, 3.8) is 0 Å². The summed E-state index contributed by atoms with van der Waals surface area (Å²) >= 11 is 0. The summed E-state index contributed by atoms with van der Waals surface area (Å²) in [6.45, 7) is 2.85. The fraction of sp³-hybridized carbons (Fsp3) is 0.941. The van der Waals surface area contributed by atoms with Crippen molar-refractivity contribution in [1.82, 2.24) is 0 Å². The Morgan fingerprint density at radius 3 is 1.90 bits per heavy atom. The number of hydrogen-bond acceptors (Lipinski definition) is 3. The van der Waals surface area contributed by atoms with Crippen molar-refractivity contribution >= 4 is 5.97 Å². The number of unbranched alkanes of at least 4 members (excludes halogenated alkanes) is 9. The normalized spacial score (nSPS) is 12.3. The fourth-order valence-corrected chi connectivity index (χ4v) is 2.54. The number of nitrogens with two attached hydrogens (primary N) is 1. The molecule has 1 unspecified atom stereocenters. The fourth-order valence-electron chi connectivity index (χ4n) is 2.54. The van der Waals surface area contributed by atoms with Gasteiger partial charge in [-0.05, 0) is 18.9 Å². The lowest BCUT2D eigenvalue weighted by atomic mass is 9.97. The van der Waals surface area contributed by atoms with Gasteiger partial charge in [0, 0.05) is 6.42 Å². The molecule has 0 fully saturated rings. The molecular weight excluding hydrogens is 250 g/mol. The Balaban J connectivity index is 3.31. The third-order valence-corrected chi connectivity index (χ3v) is 3.98. The Kier molecular flexibility index (Phi) is 14.4. The lowest BCUT2D eigenvalue weighted by Gasteiger charge is -2.12. The molecule has 120 valence electrons. The first kappa shape index (κ1) is 19.4. The molecule has 1 atom stereocenters. The van der Waals surface area contributed by atoms with E-state index in [9.17, 15) is 4.79 Å². The summed E-state index contributed by atoms with van der Waals surface area (Å²) < 4.78 is 4.69. The second kappa shape index (κ2) is 14.8. The van der Waals surface area contributed by atoms with E-state index in [1.54, 1.807) is 0 Å². The molecule has 0 rings (SSSR count). The molecule has 0 aromatic rings. The standard InChI is InChI=1S/C17H35NO2/c1-3-4-5-6-7-8-9-10-11-12-13-16(15-18)14-17(19)20-2/h16H,3-15,18H2,1-2H3. The largest absolute Gasteiger partial charge is 0.469 e. The molecule has 0 aromatic heterocycles. The van der Waals surface area contributed by atoms with Crippen LogP contribution in [0, 0.1) is 5.92 Å². The molecule has 0 aliphatic carbocycles. The zero-order valence-electron chi connectivity index (χ0n) is 13.7. The molecule has 0 saturated carbocycles. The van der Waals surface area contributed by atoms with Gasteiger partial charge in [0.2, 0.25) is 0 Å². The number of esters is 1. The maximum atomic E-state index is 11.2.